The third-order valence-corrected chi connectivity index (χ3v) is 4.64. The smallest absolute Gasteiger partial charge is 0.305 e. The van der Waals surface area contributed by atoms with Crippen LogP contribution in [0.2, 0.25) is 0 Å². The Morgan fingerprint density at radius 3 is 2.53 bits per heavy atom. The monoisotopic (exact) mass is 411 g/mol. The number of nitrogens with one attached hydrogen (secondary N) is 1. The van der Waals surface area contributed by atoms with Gasteiger partial charge in [0.1, 0.15) is 18.1 Å². The highest BCUT2D eigenvalue weighted by Crippen LogP contribution is 2.27. The molecule has 0 aliphatic rings. The molecule has 1 amide bonds. The number of amides is 1. The molecule has 158 valence electrons. The van der Waals surface area contributed by atoms with Gasteiger partial charge in [-0.05, 0) is 30.7 Å². The Morgan fingerprint density at radius 1 is 1.07 bits per heavy atom. The van der Waals surface area contributed by atoms with Crippen molar-refractivity contribution in [3.05, 3.63) is 60.2 Å². The molecular formula is C23H25NO6. The van der Waals surface area contributed by atoms with Gasteiger partial charge in [0, 0.05) is 30.0 Å². The summed E-state index contributed by atoms with van der Waals surface area (Å²) < 4.78 is 20.8. The van der Waals surface area contributed by atoms with Gasteiger partial charge in [0.2, 0.25) is 0 Å². The highest BCUT2D eigenvalue weighted by atomic mass is 16.7. The van der Waals surface area contributed by atoms with Gasteiger partial charge in [0.15, 0.2) is 0 Å². The first-order valence-corrected chi connectivity index (χ1v) is 9.64. The van der Waals surface area contributed by atoms with Gasteiger partial charge in [-0.25, -0.2) is 0 Å². The summed E-state index contributed by atoms with van der Waals surface area (Å²) in [6.07, 6.45) is 0.585. The van der Waals surface area contributed by atoms with Crippen molar-refractivity contribution in [1.82, 2.24) is 5.32 Å². The Bertz CT molecular complexity index is 946. The molecule has 0 saturated carbocycles. The molecule has 30 heavy (non-hydrogen) atoms. The third-order valence-electron chi connectivity index (χ3n) is 4.64. The minimum absolute atomic E-state index is 0.108. The normalized spacial score (nSPS) is 11.9. The molecule has 0 fully saturated rings. The van der Waals surface area contributed by atoms with Crippen LogP contribution in [0.15, 0.2) is 59.0 Å². The summed E-state index contributed by atoms with van der Waals surface area (Å²) in [7, 11) is 2.85. The number of carbonyl (C=O) groups excluding carboxylic acids is 2. The topological polar surface area (TPSA) is 87.0 Å². The fraction of sp³-hybridized carbons (Fsp3) is 0.304. The molecule has 0 saturated heterocycles. The number of hydrogen-bond donors (Lipinski definition) is 1. The fourth-order valence-corrected chi connectivity index (χ4v) is 3.04. The molecule has 0 bridgehead atoms. The van der Waals surface area contributed by atoms with Gasteiger partial charge in [-0.3, -0.25) is 9.59 Å². The number of hydrogen-bond acceptors (Lipinski definition) is 6. The summed E-state index contributed by atoms with van der Waals surface area (Å²) in [4.78, 5) is 24.1. The van der Waals surface area contributed by atoms with E-state index in [2.05, 4.69) is 10.1 Å². The van der Waals surface area contributed by atoms with E-state index < -0.39 is 0 Å². The van der Waals surface area contributed by atoms with Crippen LogP contribution in [0.25, 0.3) is 22.3 Å². The molecule has 7 nitrogen and oxygen atoms in total. The van der Waals surface area contributed by atoms with Crippen LogP contribution in [0, 0.1) is 0 Å². The van der Waals surface area contributed by atoms with Gasteiger partial charge in [-0.2, -0.15) is 0 Å². The molecule has 1 unspecified atom stereocenters. The molecule has 1 aromatic heterocycles. The number of carbonyl (C=O) groups is 2. The van der Waals surface area contributed by atoms with Crippen molar-refractivity contribution in [3.63, 3.8) is 0 Å². The van der Waals surface area contributed by atoms with Gasteiger partial charge >= 0.3 is 5.97 Å². The Morgan fingerprint density at radius 2 is 1.83 bits per heavy atom. The van der Waals surface area contributed by atoms with Crippen LogP contribution in [-0.4, -0.2) is 45.5 Å². The number of rotatable bonds is 10. The van der Waals surface area contributed by atoms with E-state index in [4.69, 9.17) is 13.9 Å². The van der Waals surface area contributed by atoms with Crippen LogP contribution in [0.3, 0.4) is 0 Å². The molecule has 7 heteroatoms. The molecule has 0 radical (unpaired) electrons. The second kappa shape index (κ2) is 10.6. The zero-order valence-electron chi connectivity index (χ0n) is 17.1. The van der Waals surface area contributed by atoms with Crippen LogP contribution >= 0.6 is 0 Å². The standard InChI is InChI=1S/C23H25NO6/c1-27-15-29-14-19(11-12-22(25)28-2)24-23(26)17-9-7-16(8-10-17)21-13-18-5-3-4-6-20(18)30-21/h3-10,13,19H,11-12,14-15H2,1-2H3,(H,24,26). The first-order chi connectivity index (χ1) is 14.6. The van der Waals surface area contributed by atoms with Crippen LogP contribution < -0.4 is 5.32 Å². The SMILES string of the molecule is COCOCC(CCC(=O)OC)NC(=O)c1ccc(-c2cc3ccccc3o2)cc1. The highest BCUT2D eigenvalue weighted by molar-refractivity contribution is 5.95. The van der Waals surface area contributed by atoms with Crippen LogP contribution in [0.5, 0.6) is 0 Å². The van der Waals surface area contributed by atoms with Crippen LogP contribution in [0.4, 0.5) is 0 Å². The van der Waals surface area contributed by atoms with Crippen LogP contribution in [-0.2, 0) is 19.0 Å². The van der Waals surface area contributed by atoms with E-state index in [0.717, 1.165) is 22.3 Å². The summed E-state index contributed by atoms with van der Waals surface area (Å²) >= 11 is 0. The Hall–Kier alpha value is -3.16. The van der Waals surface area contributed by atoms with Crippen molar-refractivity contribution >= 4 is 22.8 Å². The Labute approximate surface area is 174 Å². The lowest BCUT2D eigenvalue weighted by atomic mass is 10.1. The Kier molecular flexibility index (Phi) is 7.59. The summed E-state index contributed by atoms with van der Waals surface area (Å²) in [6, 6.07) is 16.6. The second-order valence-corrected chi connectivity index (χ2v) is 6.79. The minimum atomic E-state index is -0.346. The summed E-state index contributed by atoms with van der Waals surface area (Å²) in [5.74, 6) is 0.158. The molecule has 0 spiro atoms. The van der Waals surface area contributed by atoms with Gasteiger partial charge < -0.3 is 23.9 Å². The van der Waals surface area contributed by atoms with Crippen LogP contribution in [0.1, 0.15) is 23.2 Å². The molecule has 3 aromatic rings. The molecular weight excluding hydrogens is 386 g/mol. The molecule has 1 atom stereocenters. The predicted octanol–water partition coefficient (Wildman–Crippen LogP) is 3.77. The lowest BCUT2D eigenvalue weighted by Crippen LogP contribution is -2.38. The Balaban J connectivity index is 1.65. The number of furan rings is 1. The summed E-state index contributed by atoms with van der Waals surface area (Å²) in [5.41, 5.74) is 2.21. The van der Waals surface area contributed by atoms with E-state index in [1.807, 2.05) is 42.5 Å². The number of fused-ring (bicyclic) bond motifs is 1. The summed E-state index contributed by atoms with van der Waals surface area (Å²) in [6.45, 7) is 0.338. The first kappa shape index (κ1) is 21.5. The average Bonchev–Trinajstić information content (AvgIpc) is 3.21. The van der Waals surface area contributed by atoms with E-state index in [1.165, 1.54) is 14.2 Å². The van der Waals surface area contributed by atoms with Crippen molar-refractivity contribution in [2.24, 2.45) is 0 Å². The number of methoxy groups -OCH3 is 2. The predicted molar refractivity (Wildman–Crippen MR) is 112 cm³/mol. The van der Waals surface area contributed by atoms with Gasteiger partial charge in [-0.1, -0.05) is 30.3 Å². The van der Waals surface area contributed by atoms with Crippen molar-refractivity contribution in [2.75, 3.05) is 27.6 Å². The van der Waals surface area contributed by atoms with Crippen molar-refractivity contribution in [2.45, 2.75) is 18.9 Å². The van der Waals surface area contributed by atoms with Gasteiger partial charge in [0.05, 0.1) is 19.8 Å². The number of para-hydroxylation sites is 1. The largest absolute Gasteiger partial charge is 0.469 e. The molecule has 0 aliphatic carbocycles. The number of benzene rings is 2. The zero-order valence-corrected chi connectivity index (χ0v) is 17.1. The van der Waals surface area contributed by atoms with Crippen molar-refractivity contribution < 1.29 is 28.2 Å². The molecule has 1 heterocycles. The lowest BCUT2D eigenvalue weighted by molar-refractivity contribution is -0.141. The second-order valence-electron chi connectivity index (χ2n) is 6.79. The molecule has 3 rings (SSSR count). The van der Waals surface area contributed by atoms with E-state index in [-0.39, 0.29) is 37.7 Å². The molecule has 2 aromatic carbocycles. The molecule has 1 N–H and O–H groups in total. The van der Waals surface area contributed by atoms with E-state index in [0.29, 0.717) is 12.0 Å². The highest BCUT2D eigenvalue weighted by Gasteiger charge is 2.16. The number of ether oxygens (including phenoxy) is 3. The summed E-state index contributed by atoms with van der Waals surface area (Å²) in [5, 5.41) is 3.93. The number of esters is 1. The van der Waals surface area contributed by atoms with Gasteiger partial charge in [-0.15, -0.1) is 0 Å². The van der Waals surface area contributed by atoms with Crippen molar-refractivity contribution in [3.8, 4) is 11.3 Å². The van der Waals surface area contributed by atoms with E-state index in [9.17, 15) is 9.59 Å². The maximum atomic E-state index is 12.7. The fourth-order valence-electron chi connectivity index (χ4n) is 3.04. The average molecular weight is 411 g/mol. The molecule has 0 aliphatic heterocycles. The quantitative estimate of drug-likeness (QED) is 0.310. The maximum Gasteiger partial charge on any atom is 0.305 e. The maximum absolute atomic E-state index is 12.7. The zero-order chi connectivity index (χ0) is 21.3. The first-order valence-electron chi connectivity index (χ1n) is 9.64. The van der Waals surface area contributed by atoms with Crippen molar-refractivity contribution in [1.29, 1.82) is 0 Å². The van der Waals surface area contributed by atoms with E-state index >= 15 is 0 Å². The minimum Gasteiger partial charge on any atom is -0.469 e. The van der Waals surface area contributed by atoms with E-state index in [1.54, 1.807) is 12.1 Å². The lowest BCUT2D eigenvalue weighted by Gasteiger charge is -2.18. The van der Waals surface area contributed by atoms with Gasteiger partial charge in [0.25, 0.3) is 5.91 Å². The third kappa shape index (κ3) is 5.68.